The summed E-state index contributed by atoms with van der Waals surface area (Å²) in [6.07, 6.45) is 0. The van der Waals surface area contributed by atoms with Gasteiger partial charge in [-0.3, -0.25) is 0 Å². The van der Waals surface area contributed by atoms with Gasteiger partial charge in [0.1, 0.15) is 5.69 Å². The lowest BCUT2D eigenvalue weighted by atomic mass is 10.2. The van der Waals surface area contributed by atoms with Crippen molar-refractivity contribution in [2.45, 2.75) is 6.92 Å². The van der Waals surface area contributed by atoms with Gasteiger partial charge in [0.25, 0.3) is 0 Å². The topological polar surface area (TPSA) is 38.0 Å². The highest BCUT2D eigenvalue weighted by molar-refractivity contribution is 6.33. The van der Waals surface area contributed by atoms with Crippen LogP contribution in [0.4, 0.5) is 25.8 Å². The molecule has 0 aliphatic carbocycles. The van der Waals surface area contributed by atoms with E-state index in [1.54, 1.807) is 18.2 Å². The van der Waals surface area contributed by atoms with Crippen molar-refractivity contribution >= 4 is 28.7 Å². The van der Waals surface area contributed by atoms with Gasteiger partial charge in [0.05, 0.1) is 10.7 Å². The van der Waals surface area contributed by atoms with Crippen molar-refractivity contribution in [3.8, 4) is 0 Å². The number of halogens is 3. The highest BCUT2D eigenvalue weighted by Crippen LogP contribution is 2.30. The summed E-state index contributed by atoms with van der Waals surface area (Å²) in [5, 5.41) is 3.02. The Bertz CT molecular complexity index is 577. The van der Waals surface area contributed by atoms with E-state index >= 15 is 0 Å². The summed E-state index contributed by atoms with van der Waals surface area (Å²) in [5.74, 6) is -1.52. The molecule has 3 N–H and O–H groups in total. The molecule has 0 aromatic heterocycles. The Morgan fingerprint density at radius 2 is 1.72 bits per heavy atom. The predicted octanol–water partition coefficient (Wildman–Crippen LogP) is 4.25. The van der Waals surface area contributed by atoms with Gasteiger partial charge in [-0.2, -0.15) is 0 Å². The van der Waals surface area contributed by atoms with E-state index in [4.69, 9.17) is 17.3 Å². The minimum atomic E-state index is -0.760. The minimum absolute atomic E-state index is 0.0329. The van der Waals surface area contributed by atoms with Crippen LogP contribution in [0.2, 0.25) is 5.02 Å². The zero-order chi connectivity index (χ0) is 13.3. The minimum Gasteiger partial charge on any atom is -0.399 e. The number of benzene rings is 2. The molecule has 0 heterocycles. The average molecular weight is 269 g/mol. The molecule has 2 aromatic carbocycles. The Hall–Kier alpha value is -1.81. The molecule has 18 heavy (non-hydrogen) atoms. The van der Waals surface area contributed by atoms with Gasteiger partial charge in [-0.1, -0.05) is 17.7 Å². The van der Waals surface area contributed by atoms with Crippen LogP contribution in [0.15, 0.2) is 30.3 Å². The van der Waals surface area contributed by atoms with Gasteiger partial charge >= 0.3 is 0 Å². The van der Waals surface area contributed by atoms with E-state index in [1.807, 2.05) is 6.92 Å². The number of anilines is 3. The van der Waals surface area contributed by atoms with Gasteiger partial charge in [0, 0.05) is 5.69 Å². The normalized spacial score (nSPS) is 10.4. The number of nitrogen functional groups attached to an aromatic ring is 1. The van der Waals surface area contributed by atoms with Crippen molar-refractivity contribution in [1.82, 2.24) is 0 Å². The number of nitrogens with two attached hydrogens (primary N) is 1. The fraction of sp³-hybridized carbons (Fsp3) is 0.0769. The van der Waals surface area contributed by atoms with Gasteiger partial charge in [0.15, 0.2) is 11.6 Å². The molecule has 94 valence electrons. The summed E-state index contributed by atoms with van der Waals surface area (Å²) in [5.41, 5.74) is 6.50. The molecule has 0 atom stereocenters. The Labute approximate surface area is 108 Å². The first-order valence-electron chi connectivity index (χ1n) is 5.25. The van der Waals surface area contributed by atoms with Crippen LogP contribution in [-0.2, 0) is 0 Å². The highest BCUT2D eigenvalue weighted by atomic mass is 35.5. The Morgan fingerprint density at radius 1 is 1.11 bits per heavy atom. The molecule has 0 aliphatic rings. The fourth-order valence-corrected chi connectivity index (χ4v) is 1.85. The standard InChI is InChI=1S/C13H11ClF2N2/c1-7-2-3-12(9(14)4-7)18-13-10(15)5-8(17)6-11(13)16/h2-6,18H,17H2,1H3. The lowest BCUT2D eigenvalue weighted by Gasteiger charge is -2.11. The summed E-state index contributed by atoms with van der Waals surface area (Å²) in [4.78, 5) is 0. The number of hydrogen-bond donors (Lipinski definition) is 2. The second kappa shape index (κ2) is 4.82. The van der Waals surface area contributed by atoms with E-state index in [9.17, 15) is 8.78 Å². The molecular formula is C13H11ClF2N2. The maximum atomic E-state index is 13.6. The molecule has 0 aliphatic heterocycles. The van der Waals surface area contributed by atoms with Crippen molar-refractivity contribution in [2.24, 2.45) is 0 Å². The summed E-state index contributed by atoms with van der Waals surface area (Å²) in [6, 6.07) is 7.26. The molecular weight excluding hydrogens is 258 g/mol. The van der Waals surface area contributed by atoms with Crippen molar-refractivity contribution in [3.05, 3.63) is 52.6 Å². The van der Waals surface area contributed by atoms with Gasteiger partial charge in [-0.05, 0) is 36.8 Å². The van der Waals surface area contributed by atoms with Crippen LogP contribution in [-0.4, -0.2) is 0 Å². The molecule has 0 radical (unpaired) electrons. The number of nitrogens with one attached hydrogen (secondary N) is 1. The first kappa shape index (κ1) is 12.6. The van der Waals surface area contributed by atoms with Crippen molar-refractivity contribution in [3.63, 3.8) is 0 Å². The number of rotatable bonds is 2. The number of hydrogen-bond acceptors (Lipinski definition) is 2. The molecule has 2 nitrogen and oxygen atoms in total. The molecule has 0 saturated heterocycles. The first-order valence-corrected chi connectivity index (χ1v) is 5.63. The smallest absolute Gasteiger partial charge is 0.151 e. The molecule has 0 fully saturated rings. The third-order valence-corrected chi connectivity index (χ3v) is 2.76. The Morgan fingerprint density at radius 3 is 2.28 bits per heavy atom. The summed E-state index contributed by atoms with van der Waals surface area (Å²) < 4.78 is 27.2. The van der Waals surface area contributed by atoms with Crippen LogP contribution in [0, 0.1) is 18.6 Å². The van der Waals surface area contributed by atoms with Crippen LogP contribution in [0.1, 0.15) is 5.56 Å². The van der Waals surface area contributed by atoms with E-state index < -0.39 is 11.6 Å². The molecule has 0 bridgehead atoms. The van der Waals surface area contributed by atoms with Crippen molar-refractivity contribution < 1.29 is 8.78 Å². The Kier molecular flexibility index (Phi) is 3.39. The summed E-state index contributed by atoms with van der Waals surface area (Å²) >= 11 is 5.98. The lowest BCUT2D eigenvalue weighted by Crippen LogP contribution is -2.00. The van der Waals surface area contributed by atoms with Crippen LogP contribution < -0.4 is 11.1 Å². The quantitative estimate of drug-likeness (QED) is 0.799. The zero-order valence-electron chi connectivity index (χ0n) is 9.60. The van der Waals surface area contributed by atoms with E-state index in [2.05, 4.69) is 5.32 Å². The number of aryl methyl sites for hydroxylation is 1. The van der Waals surface area contributed by atoms with Crippen LogP contribution in [0.25, 0.3) is 0 Å². The maximum Gasteiger partial charge on any atom is 0.151 e. The van der Waals surface area contributed by atoms with Gasteiger partial charge in [-0.25, -0.2) is 8.78 Å². The molecule has 0 saturated carbocycles. The molecule has 0 unspecified atom stereocenters. The second-order valence-corrected chi connectivity index (χ2v) is 4.38. The molecule has 5 heteroatoms. The van der Waals surface area contributed by atoms with Gasteiger partial charge in [-0.15, -0.1) is 0 Å². The van der Waals surface area contributed by atoms with E-state index in [1.165, 1.54) is 0 Å². The molecule has 2 rings (SSSR count). The van der Waals surface area contributed by atoms with Crippen molar-refractivity contribution in [1.29, 1.82) is 0 Å². The predicted molar refractivity (Wildman–Crippen MR) is 70.2 cm³/mol. The van der Waals surface area contributed by atoms with Crippen molar-refractivity contribution in [2.75, 3.05) is 11.1 Å². The first-order chi connectivity index (χ1) is 8.47. The van der Waals surface area contributed by atoms with Crippen LogP contribution in [0.3, 0.4) is 0 Å². The van der Waals surface area contributed by atoms with E-state index in [0.717, 1.165) is 17.7 Å². The average Bonchev–Trinajstić information content (AvgIpc) is 2.25. The third kappa shape index (κ3) is 2.54. The largest absolute Gasteiger partial charge is 0.399 e. The lowest BCUT2D eigenvalue weighted by molar-refractivity contribution is 0.592. The monoisotopic (exact) mass is 268 g/mol. The van der Waals surface area contributed by atoms with Gasteiger partial charge < -0.3 is 11.1 Å². The molecule has 0 spiro atoms. The van der Waals surface area contributed by atoms with Gasteiger partial charge in [0.2, 0.25) is 0 Å². The third-order valence-electron chi connectivity index (χ3n) is 2.45. The fourth-order valence-electron chi connectivity index (χ4n) is 1.57. The van der Waals surface area contributed by atoms with E-state index in [0.29, 0.717) is 10.7 Å². The SMILES string of the molecule is Cc1ccc(Nc2c(F)cc(N)cc2F)c(Cl)c1. The molecule has 2 aromatic rings. The summed E-state index contributed by atoms with van der Waals surface area (Å²) in [7, 11) is 0. The van der Waals surface area contributed by atoms with Crippen LogP contribution >= 0.6 is 11.6 Å². The molecule has 0 amide bonds. The second-order valence-electron chi connectivity index (χ2n) is 3.97. The Balaban J connectivity index is 2.40. The maximum absolute atomic E-state index is 13.6. The highest BCUT2D eigenvalue weighted by Gasteiger charge is 2.11. The zero-order valence-corrected chi connectivity index (χ0v) is 10.4. The van der Waals surface area contributed by atoms with Crippen LogP contribution in [0.5, 0.6) is 0 Å². The van der Waals surface area contributed by atoms with E-state index in [-0.39, 0.29) is 11.4 Å². The summed E-state index contributed by atoms with van der Waals surface area (Å²) in [6.45, 7) is 1.88.